The minimum absolute atomic E-state index is 0.0918. The van der Waals surface area contributed by atoms with Crippen LogP contribution in [0.1, 0.15) is 56.9 Å². The van der Waals surface area contributed by atoms with E-state index >= 15 is 0 Å². The second kappa shape index (κ2) is 7.72. The molecule has 1 heterocycles. The third kappa shape index (κ3) is 3.48. The number of nitrogens with one attached hydrogen (secondary N) is 1. The Labute approximate surface area is 184 Å². The molecule has 4 saturated carbocycles. The van der Waals surface area contributed by atoms with Gasteiger partial charge in [0.25, 0.3) is 0 Å². The number of hydrogen-bond acceptors (Lipinski definition) is 4. The van der Waals surface area contributed by atoms with E-state index in [1.165, 1.54) is 19.3 Å². The summed E-state index contributed by atoms with van der Waals surface area (Å²) in [4.78, 5) is 29.0. The number of carbonyl (C=O) groups excluding carboxylic acids is 2. The van der Waals surface area contributed by atoms with Gasteiger partial charge in [0.2, 0.25) is 11.8 Å². The number of likely N-dealkylation sites (tertiary alicyclic amines) is 1. The predicted molar refractivity (Wildman–Crippen MR) is 118 cm³/mol. The number of ether oxygens (including phenoxy) is 2. The lowest BCUT2D eigenvalue weighted by atomic mass is 9.49. The molecule has 1 N–H and O–H groups in total. The summed E-state index contributed by atoms with van der Waals surface area (Å²) in [6.07, 6.45) is 8.68. The molecule has 5 fully saturated rings. The monoisotopic (exact) mass is 426 g/mol. The topological polar surface area (TPSA) is 67.9 Å². The van der Waals surface area contributed by atoms with Crippen molar-refractivity contribution in [3.05, 3.63) is 17.7 Å². The molecule has 1 saturated heterocycles. The van der Waals surface area contributed by atoms with Gasteiger partial charge >= 0.3 is 0 Å². The van der Waals surface area contributed by atoms with Gasteiger partial charge in [-0.15, -0.1) is 0 Å². The summed E-state index contributed by atoms with van der Waals surface area (Å²) in [5.41, 5.74) is 1.41. The first-order chi connectivity index (χ1) is 14.9. The SMILES string of the molecule is COc1cc(C)c(NC(=O)[C@@H]2CCCN2C(=O)C23CC4CC(CC(C4)C2)C3)cc1OC. The van der Waals surface area contributed by atoms with E-state index in [2.05, 4.69) is 5.32 Å². The molecule has 0 spiro atoms. The Hall–Kier alpha value is -2.24. The summed E-state index contributed by atoms with van der Waals surface area (Å²) in [6, 6.07) is 3.28. The Bertz CT molecular complexity index is 860. The summed E-state index contributed by atoms with van der Waals surface area (Å²) in [5.74, 6) is 3.55. The van der Waals surface area contributed by atoms with Crippen LogP contribution in [0.25, 0.3) is 0 Å². The lowest BCUT2D eigenvalue weighted by Gasteiger charge is -2.56. The van der Waals surface area contributed by atoms with Crippen LogP contribution in [0.5, 0.6) is 11.5 Å². The zero-order valence-electron chi connectivity index (χ0n) is 18.9. The second-order valence-electron chi connectivity index (χ2n) is 10.4. The number of amides is 2. The van der Waals surface area contributed by atoms with Gasteiger partial charge in [-0.25, -0.2) is 0 Å². The molecule has 6 heteroatoms. The molecule has 0 unspecified atom stereocenters. The molecule has 0 aromatic heterocycles. The molecule has 1 aromatic rings. The number of methoxy groups -OCH3 is 2. The van der Waals surface area contributed by atoms with Gasteiger partial charge < -0.3 is 19.7 Å². The smallest absolute Gasteiger partial charge is 0.247 e. The largest absolute Gasteiger partial charge is 0.493 e. The molecule has 6 rings (SSSR count). The van der Waals surface area contributed by atoms with Crippen molar-refractivity contribution in [1.29, 1.82) is 0 Å². The fourth-order valence-corrected chi connectivity index (χ4v) is 7.29. The third-order valence-electron chi connectivity index (χ3n) is 8.30. The van der Waals surface area contributed by atoms with Crippen LogP contribution in [0.4, 0.5) is 5.69 Å². The molecule has 1 atom stereocenters. The van der Waals surface area contributed by atoms with Crippen LogP contribution in [0.3, 0.4) is 0 Å². The number of rotatable bonds is 5. The van der Waals surface area contributed by atoms with Crippen molar-refractivity contribution >= 4 is 17.5 Å². The van der Waals surface area contributed by atoms with Crippen molar-refractivity contribution in [2.45, 2.75) is 64.3 Å². The molecule has 4 bridgehead atoms. The van der Waals surface area contributed by atoms with Crippen LogP contribution in [-0.4, -0.2) is 43.5 Å². The quantitative estimate of drug-likeness (QED) is 0.768. The van der Waals surface area contributed by atoms with Gasteiger partial charge in [0.05, 0.1) is 19.6 Å². The van der Waals surface area contributed by atoms with E-state index in [1.807, 2.05) is 17.9 Å². The van der Waals surface area contributed by atoms with Gasteiger partial charge in [0, 0.05) is 18.3 Å². The summed E-state index contributed by atoms with van der Waals surface area (Å²) >= 11 is 0. The molecule has 2 amide bonds. The average molecular weight is 427 g/mol. The molecule has 6 nitrogen and oxygen atoms in total. The summed E-state index contributed by atoms with van der Waals surface area (Å²) in [7, 11) is 3.18. The van der Waals surface area contributed by atoms with Crippen molar-refractivity contribution in [2.75, 3.05) is 26.1 Å². The van der Waals surface area contributed by atoms with Gasteiger partial charge in [0.15, 0.2) is 11.5 Å². The lowest BCUT2D eigenvalue weighted by molar-refractivity contribution is -0.160. The maximum absolute atomic E-state index is 13.8. The first-order valence-corrected chi connectivity index (χ1v) is 11.8. The molecule has 168 valence electrons. The second-order valence-corrected chi connectivity index (χ2v) is 10.4. The summed E-state index contributed by atoms with van der Waals surface area (Å²) < 4.78 is 10.7. The third-order valence-corrected chi connectivity index (χ3v) is 8.30. The van der Waals surface area contributed by atoms with Crippen LogP contribution < -0.4 is 14.8 Å². The number of benzene rings is 1. The molecular weight excluding hydrogens is 392 g/mol. The highest BCUT2D eigenvalue weighted by atomic mass is 16.5. The normalized spacial score (nSPS) is 33.5. The minimum Gasteiger partial charge on any atom is -0.493 e. The van der Waals surface area contributed by atoms with E-state index in [4.69, 9.17) is 9.47 Å². The van der Waals surface area contributed by atoms with Gasteiger partial charge in [0.1, 0.15) is 6.04 Å². The number of hydrogen-bond donors (Lipinski definition) is 1. The van der Waals surface area contributed by atoms with Crippen LogP contribution >= 0.6 is 0 Å². The molecule has 1 aromatic carbocycles. The molecule has 4 aliphatic carbocycles. The molecular formula is C25H34N2O4. The van der Waals surface area contributed by atoms with Crippen molar-refractivity contribution in [3.8, 4) is 11.5 Å². The van der Waals surface area contributed by atoms with Crippen LogP contribution in [0.2, 0.25) is 0 Å². The van der Waals surface area contributed by atoms with Gasteiger partial charge in [-0.2, -0.15) is 0 Å². The van der Waals surface area contributed by atoms with Crippen molar-refractivity contribution < 1.29 is 19.1 Å². The number of aryl methyl sites for hydroxylation is 1. The van der Waals surface area contributed by atoms with E-state index in [1.54, 1.807) is 20.3 Å². The Balaban J connectivity index is 1.34. The van der Waals surface area contributed by atoms with Crippen molar-refractivity contribution in [1.82, 2.24) is 4.90 Å². The summed E-state index contributed by atoms with van der Waals surface area (Å²) in [5, 5.41) is 3.07. The highest BCUT2D eigenvalue weighted by Gasteiger charge is 2.56. The fraction of sp³-hybridized carbons (Fsp3) is 0.680. The number of carbonyl (C=O) groups is 2. The first-order valence-electron chi connectivity index (χ1n) is 11.8. The van der Waals surface area contributed by atoms with Gasteiger partial charge in [-0.1, -0.05) is 0 Å². The highest BCUT2D eigenvalue weighted by Crippen LogP contribution is 2.60. The molecule has 1 aliphatic heterocycles. The van der Waals surface area contributed by atoms with Gasteiger partial charge in [-0.05, 0) is 87.7 Å². The predicted octanol–water partition coefficient (Wildman–Crippen LogP) is 4.16. The van der Waals surface area contributed by atoms with Gasteiger partial charge in [-0.3, -0.25) is 9.59 Å². The highest BCUT2D eigenvalue weighted by molar-refractivity contribution is 5.99. The van der Waals surface area contributed by atoms with E-state index in [0.29, 0.717) is 23.7 Å². The van der Waals surface area contributed by atoms with Crippen molar-refractivity contribution in [2.24, 2.45) is 23.2 Å². The lowest BCUT2D eigenvalue weighted by Crippen LogP contribution is -2.56. The van der Waals surface area contributed by atoms with Crippen LogP contribution in [-0.2, 0) is 9.59 Å². The Morgan fingerprint density at radius 1 is 1.00 bits per heavy atom. The minimum atomic E-state index is -0.381. The summed E-state index contributed by atoms with van der Waals surface area (Å²) in [6.45, 7) is 2.63. The standard InChI is InChI=1S/C25H34N2O4/c1-15-7-21(30-2)22(31-3)11-19(15)26-23(28)20-5-4-6-27(20)24(29)25-12-16-8-17(13-25)10-18(9-16)14-25/h7,11,16-18,20H,4-6,8-10,12-14H2,1-3H3,(H,26,28)/t16?,17?,18?,20-,25?/m0/s1. The molecule has 31 heavy (non-hydrogen) atoms. The van der Waals surface area contributed by atoms with Crippen LogP contribution in [0, 0.1) is 30.1 Å². The Kier molecular flexibility index (Phi) is 5.14. The Morgan fingerprint density at radius 2 is 1.58 bits per heavy atom. The molecule has 5 aliphatic rings. The zero-order valence-corrected chi connectivity index (χ0v) is 18.9. The molecule has 0 radical (unpaired) electrons. The van der Waals surface area contributed by atoms with E-state index in [9.17, 15) is 9.59 Å². The first kappa shape index (κ1) is 20.7. The van der Waals surface area contributed by atoms with Crippen LogP contribution in [0.15, 0.2) is 12.1 Å². The Morgan fingerprint density at radius 3 is 2.16 bits per heavy atom. The zero-order chi connectivity index (χ0) is 21.8. The maximum atomic E-state index is 13.8. The fourth-order valence-electron chi connectivity index (χ4n) is 7.29. The number of anilines is 1. The average Bonchev–Trinajstić information content (AvgIpc) is 3.23. The van der Waals surface area contributed by atoms with E-state index in [0.717, 1.165) is 55.4 Å². The maximum Gasteiger partial charge on any atom is 0.247 e. The van der Waals surface area contributed by atoms with E-state index in [-0.39, 0.29) is 23.3 Å². The number of nitrogens with zero attached hydrogens (tertiary/aromatic N) is 1. The van der Waals surface area contributed by atoms with Crippen molar-refractivity contribution in [3.63, 3.8) is 0 Å². The van der Waals surface area contributed by atoms with E-state index < -0.39 is 0 Å².